The third-order valence-electron chi connectivity index (χ3n) is 3.90. The zero-order chi connectivity index (χ0) is 15.1. The van der Waals surface area contributed by atoms with Crippen molar-refractivity contribution in [3.05, 3.63) is 88.3 Å². The van der Waals surface area contributed by atoms with E-state index in [9.17, 15) is 4.79 Å². The molecule has 0 aliphatic rings. The molecule has 0 aliphatic heterocycles. The van der Waals surface area contributed by atoms with Crippen LogP contribution in [0.3, 0.4) is 0 Å². The van der Waals surface area contributed by atoms with Crippen LogP contribution < -0.4 is 5.56 Å². The first kappa shape index (κ1) is 13.1. The minimum absolute atomic E-state index is 0.0170. The van der Waals surface area contributed by atoms with Crippen LogP contribution in [0.15, 0.2) is 77.7 Å². The fourth-order valence-corrected chi connectivity index (χ4v) is 3.02. The molecule has 0 aliphatic carbocycles. The summed E-state index contributed by atoms with van der Waals surface area (Å²) in [6, 6.07) is 21.2. The van der Waals surface area contributed by atoms with Crippen LogP contribution in [0.5, 0.6) is 0 Å². The molecule has 0 saturated carbocycles. The summed E-state index contributed by atoms with van der Waals surface area (Å²) in [5, 5.41) is 2.68. The zero-order valence-corrected chi connectivity index (χ0v) is 12.4. The highest BCUT2D eigenvalue weighted by atomic mass is 35.5. The summed E-state index contributed by atoms with van der Waals surface area (Å²) in [6.07, 6.45) is 1.81. The lowest BCUT2D eigenvalue weighted by molar-refractivity contribution is 1.11. The second-order valence-electron chi connectivity index (χ2n) is 5.19. The van der Waals surface area contributed by atoms with Gasteiger partial charge in [-0.05, 0) is 35.2 Å². The van der Waals surface area contributed by atoms with Crippen LogP contribution in [0.25, 0.3) is 27.4 Å². The number of aromatic nitrogens is 1. The summed E-state index contributed by atoms with van der Waals surface area (Å²) in [6.45, 7) is 0. The van der Waals surface area contributed by atoms with Gasteiger partial charge in [-0.25, -0.2) is 0 Å². The Hall–Kier alpha value is -2.58. The molecule has 2 heterocycles. The van der Waals surface area contributed by atoms with E-state index in [0.717, 1.165) is 21.9 Å². The number of fused-ring (bicyclic) bond motifs is 3. The van der Waals surface area contributed by atoms with Gasteiger partial charge in [-0.3, -0.25) is 9.20 Å². The summed E-state index contributed by atoms with van der Waals surface area (Å²) in [7, 11) is 0. The molecule has 0 radical (unpaired) electrons. The fourth-order valence-electron chi connectivity index (χ4n) is 2.90. The van der Waals surface area contributed by atoms with Crippen molar-refractivity contribution in [1.29, 1.82) is 0 Å². The van der Waals surface area contributed by atoms with Crippen LogP contribution in [0.4, 0.5) is 0 Å². The average molecular weight is 306 g/mol. The number of rotatable bonds is 1. The van der Waals surface area contributed by atoms with Gasteiger partial charge in [0, 0.05) is 16.6 Å². The predicted octanol–water partition coefficient (Wildman–Crippen LogP) is 4.77. The third kappa shape index (κ3) is 1.92. The lowest BCUT2D eigenvalue weighted by Gasteiger charge is -2.11. The van der Waals surface area contributed by atoms with Crippen LogP contribution in [-0.2, 0) is 0 Å². The number of halogens is 1. The lowest BCUT2D eigenvalue weighted by atomic mass is 9.99. The Kier molecular flexibility index (Phi) is 2.98. The SMILES string of the molecule is O=c1c(-c2ccc(Cl)cc2)c2ccccc2c2ccccn12. The van der Waals surface area contributed by atoms with E-state index in [2.05, 4.69) is 0 Å². The van der Waals surface area contributed by atoms with Crippen LogP contribution in [-0.4, -0.2) is 4.40 Å². The molecule has 0 bridgehead atoms. The van der Waals surface area contributed by atoms with Crippen molar-refractivity contribution in [3.8, 4) is 11.1 Å². The standard InChI is InChI=1S/C19H12ClNO/c20-14-10-8-13(9-11-14)18-16-6-2-1-5-15(16)17-7-3-4-12-21(17)19(18)22/h1-12H. The molecule has 0 saturated heterocycles. The maximum absolute atomic E-state index is 13.0. The minimum Gasteiger partial charge on any atom is -0.283 e. The van der Waals surface area contributed by atoms with E-state index >= 15 is 0 Å². The molecule has 4 rings (SSSR count). The number of hydrogen-bond donors (Lipinski definition) is 0. The first-order valence-corrected chi connectivity index (χ1v) is 7.41. The molecule has 106 valence electrons. The van der Waals surface area contributed by atoms with Gasteiger partial charge in [-0.15, -0.1) is 0 Å². The molecular weight excluding hydrogens is 294 g/mol. The van der Waals surface area contributed by atoms with E-state index in [-0.39, 0.29) is 5.56 Å². The van der Waals surface area contributed by atoms with E-state index in [1.54, 1.807) is 4.40 Å². The quantitative estimate of drug-likeness (QED) is 0.464. The Morgan fingerprint density at radius 3 is 2.23 bits per heavy atom. The van der Waals surface area contributed by atoms with Gasteiger partial charge in [-0.1, -0.05) is 54.1 Å². The molecule has 22 heavy (non-hydrogen) atoms. The van der Waals surface area contributed by atoms with Gasteiger partial charge in [-0.2, -0.15) is 0 Å². The van der Waals surface area contributed by atoms with Gasteiger partial charge in [0.2, 0.25) is 0 Å². The van der Waals surface area contributed by atoms with Crippen LogP contribution in [0, 0.1) is 0 Å². The first-order valence-electron chi connectivity index (χ1n) is 7.04. The molecule has 0 amide bonds. The lowest BCUT2D eigenvalue weighted by Crippen LogP contribution is -2.16. The molecule has 0 unspecified atom stereocenters. The molecule has 4 aromatic rings. The summed E-state index contributed by atoms with van der Waals surface area (Å²) in [4.78, 5) is 13.0. The summed E-state index contributed by atoms with van der Waals surface area (Å²) < 4.78 is 1.70. The Bertz CT molecular complexity index is 1050. The number of hydrogen-bond acceptors (Lipinski definition) is 1. The number of pyridine rings is 2. The maximum Gasteiger partial charge on any atom is 0.263 e. The maximum atomic E-state index is 13.0. The molecule has 0 atom stereocenters. The topological polar surface area (TPSA) is 21.5 Å². The van der Waals surface area contributed by atoms with Gasteiger partial charge in [0.05, 0.1) is 11.1 Å². The Morgan fingerprint density at radius 1 is 0.773 bits per heavy atom. The Morgan fingerprint density at radius 2 is 1.45 bits per heavy atom. The highest BCUT2D eigenvalue weighted by Crippen LogP contribution is 2.28. The van der Waals surface area contributed by atoms with Crippen LogP contribution in [0.1, 0.15) is 0 Å². The van der Waals surface area contributed by atoms with Crippen molar-refractivity contribution in [1.82, 2.24) is 4.40 Å². The van der Waals surface area contributed by atoms with E-state index in [1.165, 1.54) is 0 Å². The Labute approximate surface area is 132 Å². The van der Waals surface area contributed by atoms with Gasteiger partial charge in [0.1, 0.15) is 0 Å². The molecule has 0 spiro atoms. The largest absolute Gasteiger partial charge is 0.283 e. The third-order valence-corrected chi connectivity index (χ3v) is 4.15. The van der Waals surface area contributed by atoms with Crippen molar-refractivity contribution in [2.24, 2.45) is 0 Å². The normalized spacial score (nSPS) is 11.1. The molecule has 0 fully saturated rings. The average Bonchev–Trinajstić information content (AvgIpc) is 2.57. The molecule has 3 heteroatoms. The van der Waals surface area contributed by atoms with Gasteiger partial charge >= 0.3 is 0 Å². The molecule has 2 nitrogen and oxygen atoms in total. The summed E-state index contributed by atoms with van der Waals surface area (Å²) in [5.74, 6) is 0. The fraction of sp³-hybridized carbons (Fsp3) is 0. The van der Waals surface area contributed by atoms with Crippen molar-refractivity contribution < 1.29 is 0 Å². The smallest absolute Gasteiger partial charge is 0.263 e. The van der Waals surface area contributed by atoms with E-state index in [1.807, 2.05) is 72.9 Å². The molecule has 2 aromatic heterocycles. The van der Waals surface area contributed by atoms with E-state index in [0.29, 0.717) is 10.6 Å². The second-order valence-corrected chi connectivity index (χ2v) is 5.62. The predicted molar refractivity (Wildman–Crippen MR) is 91.6 cm³/mol. The van der Waals surface area contributed by atoms with Crippen LogP contribution in [0.2, 0.25) is 5.02 Å². The second kappa shape index (κ2) is 5.00. The van der Waals surface area contributed by atoms with Gasteiger partial charge in [0.15, 0.2) is 0 Å². The summed E-state index contributed by atoms with van der Waals surface area (Å²) >= 11 is 5.97. The van der Waals surface area contributed by atoms with Crippen molar-refractivity contribution in [2.45, 2.75) is 0 Å². The molecule has 0 N–H and O–H groups in total. The number of nitrogens with zero attached hydrogens (tertiary/aromatic N) is 1. The highest BCUT2D eigenvalue weighted by molar-refractivity contribution is 6.30. The van der Waals surface area contributed by atoms with Crippen molar-refractivity contribution in [2.75, 3.05) is 0 Å². The minimum atomic E-state index is -0.0170. The van der Waals surface area contributed by atoms with Crippen molar-refractivity contribution >= 4 is 27.9 Å². The monoisotopic (exact) mass is 305 g/mol. The Balaban J connectivity index is 2.23. The van der Waals surface area contributed by atoms with Crippen LogP contribution >= 0.6 is 11.6 Å². The van der Waals surface area contributed by atoms with Crippen molar-refractivity contribution in [3.63, 3.8) is 0 Å². The summed E-state index contributed by atoms with van der Waals surface area (Å²) in [5.41, 5.74) is 2.48. The first-order chi connectivity index (χ1) is 10.8. The number of benzene rings is 2. The van der Waals surface area contributed by atoms with E-state index in [4.69, 9.17) is 11.6 Å². The van der Waals surface area contributed by atoms with E-state index < -0.39 is 0 Å². The molecular formula is C19H12ClNO. The highest BCUT2D eigenvalue weighted by Gasteiger charge is 2.12. The van der Waals surface area contributed by atoms with Gasteiger partial charge < -0.3 is 0 Å². The van der Waals surface area contributed by atoms with Gasteiger partial charge in [0.25, 0.3) is 5.56 Å². The zero-order valence-electron chi connectivity index (χ0n) is 11.7. The molecule has 2 aromatic carbocycles.